The van der Waals surface area contributed by atoms with E-state index in [2.05, 4.69) is 24.1 Å². The largest absolute Gasteiger partial charge is 0.353 e. The van der Waals surface area contributed by atoms with Gasteiger partial charge in [-0.3, -0.25) is 4.79 Å². The molecule has 3 nitrogen and oxygen atoms in total. The van der Waals surface area contributed by atoms with Crippen molar-refractivity contribution < 1.29 is 4.79 Å². The monoisotopic (exact) mass is 250 g/mol. The maximum Gasteiger partial charge on any atom is 0.250 e. The second kappa shape index (κ2) is 3.39. The number of amides is 1. The Morgan fingerprint density at radius 2 is 2.12 bits per heavy atom. The van der Waals surface area contributed by atoms with Gasteiger partial charge in [0, 0.05) is 6.04 Å². The van der Waals surface area contributed by atoms with Crippen molar-refractivity contribution in [3.8, 4) is 0 Å². The lowest BCUT2D eigenvalue weighted by Crippen LogP contribution is -2.53. The fraction of sp³-hybridized carbons (Fsp3) is 0.462. The van der Waals surface area contributed by atoms with E-state index in [1.165, 1.54) is 0 Å². The Hall–Kier alpha value is -1.22. The molecule has 1 fully saturated rings. The summed E-state index contributed by atoms with van der Waals surface area (Å²) in [5.41, 5.74) is 1.49. The van der Waals surface area contributed by atoms with Crippen LogP contribution in [0.15, 0.2) is 18.2 Å². The molecular formula is C13H15ClN2O. The summed E-state index contributed by atoms with van der Waals surface area (Å²) in [6, 6.07) is 6.07. The summed E-state index contributed by atoms with van der Waals surface area (Å²) in [4.78, 5) is 14.4. The summed E-state index contributed by atoms with van der Waals surface area (Å²) < 4.78 is 0. The van der Waals surface area contributed by atoms with Crippen molar-refractivity contribution in [3.05, 3.63) is 23.2 Å². The van der Waals surface area contributed by atoms with E-state index in [0.717, 1.165) is 24.2 Å². The molecule has 1 saturated carbocycles. The first kappa shape index (κ1) is 10.9. The Labute approximate surface area is 106 Å². The molecule has 0 saturated heterocycles. The normalized spacial score (nSPS) is 20.5. The molecule has 1 aromatic rings. The first-order valence-electron chi connectivity index (χ1n) is 5.95. The summed E-state index contributed by atoms with van der Waals surface area (Å²) in [5.74, 6) is 0.0896. The lowest BCUT2D eigenvalue weighted by atomic mass is 10.0. The van der Waals surface area contributed by atoms with Crippen LogP contribution in [0.1, 0.15) is 26.7 Å². The third-order valence-electron chi connectivity index (χ3n) is 3.61. The fourth-order valence-corrected chi connectivity index (χ4v) is 2.98. The zero-order chi connectivity index (χ0) is 12.2. The number of fused-ring (bicyclic) bond motifs is 1. The van der Waals surface area contributed by atoms with Crippen molar-refractivity contribution in [1.82, 2.24) is 0 Å². The number of hydrogen-bond donors (Lipinski definition) is 1. The smallest absolute Gasteiger partial charge is 0.250 e. The Balaban J connectivity index is 2.18. The van der Waals surface area contributed by atoms with Gasteiger partial charge in [0.15, 0.2) is 0 Å². The van der Waals surface area contributed by atoms with E-state index in [1.54, 1.807) is 0 Å². The first-order valence-corrected chi connectivity index (χ1v) is 6.33. The van der Waals surface area contributed by atoms with Gasteiger partial charge in [0.1, 0.15) is 5.54 Å². The zero-order valence-corrected chi connectivity index (χ0v) is 10.7. The molecule has 0 aromatic heterocycles. The van der Waals surface area contributed by atoms with Crippen molar-refractivity contribution >= 4 is 28.9 Å². The molecule has 1 N–H and O–H groups in total. The highest BCUT2D eigenvalue weighted by molar-refractivity contribution is 6.35. The maximum absolute atomic E-state index is 12.2. The van der Waals surface area contributed by atoms with Crippen molar-refractivity contribution in [2.45, 2.75) is 38.3 Å². The molecule has 17 heavy (non-hydrogen) atoms. The number of nitrogens with zero attached hydrogens (tertiary/aromatic N) is 1. The molecule has 1 aliphatic heterocycles. The van der Waals surface area contributed by atoms with Gasteiger partial charge < -0.3 is 10.2 Å². The van der Waals surface area contributed by atoms with Gasteiger partial charge in [-0.1, -0.05) is 17.7 Å². The second-order valence-electron chi connectivity index (χ2n) is 5.08. The standard InChI is InChI=1S/C13H15ClN2O/c1-8(2)16-10-5-3-4-9(14)11(10)15-12(17)13(16)6-7-13/h3-5,8H,6-7H2,1-2H3,(H,15,17). The fourth-order valence-electron chi connectivity index (χ4n) is 2.77. The molecule has 0 radical (unpaired) electrons. The molecule has 0 atom stereocenters. The van der Waals surface area contributed by atoms with E-state index in [0.29, 0.717) is 11.1 Å². The third-order valence-corrected chi connectivity index (χ3v) is 3.93. The number of rotatable bonds is 1. The molecule has 0 unspecified atom stereocenters. The Morgan fingerprint density at radius 1 is 1.41 bits per heavy atom. The van der Waals surface area contributed by atoms with Gasteiger partial charge in [0.05, 0.1) is 16.4 Å². The number of nitrogens with one attached hydrogen (secondary N) is 1. The first-order chi connectivity index (χ1) is 8.06. The molecule has 1 aliphatic carbocycles. The van der Waals surface area contributed by atoms with Crippen molar-refractivity contribution in [1.29, 1.82) is 0 Å². The lowest BCUT2D eigenvalue weighted by molar-refractivity contribution is -0.118. The summed E-state index contributed by atoms with van der Waals surface area (Å²) in [6.07, 6.45) is 1.87. The summed E-state index contributed by atoms with van der Waals surface area (Å²) in [5, 5.41) is 3.56. The molecule has 1 heterocycles. The highest BCUT2D eigenvalue weighted by Gasteiger charge is 2.58. The van der Waals surface area contributed by atoms with Crippen LogP contribution in [-0.4, -0.2) is 17.5 Å². The number of hydrogen-bond acceptors (Lipinski definition) is 2. The molecule has 3 rings (SSSR count). The van der Waals surface area contributed by atoms with Gasteiger partial charge in [-0.15, -0.1) is 0 Å². The number of carbonyl (C=O) groups is 1. The number of benzene rings is 1. The molecule has 2 aliphatic rings. The number of halogens is 1. The van der Waals surface area contributed by atoms with Crippen LogP contribution in [0.25, 0.3) is 0 Å². The van der Waals surface area contributed by atoms with Crippen LogP contribution in [-0.2, 0) is 4.79 Å². The Morgan fingerprint density at radius 3 is 2.71 bits per heavy atom. The average molecular weight is 251 g/mol. The lowest BCUT2D eigenvalue weighted by Gasteiger charge is -2.41. The minimum atomic E-state index is -0.314. The predicted octanol–water partition coefficient (Wildman–Crippen LogP) is 3.04. The van der Waals surface area contributed by atoms with E-state index in [4.69, 9.17) is 11.6 Å². The Kier molecular flexibility index (Phi) is 2.17. The summed E-state index contributed by atoms with van der Waals surface area (Å²) in [6.45, 7) is 4.23. The van der Waals surface area contributed by atoms with Crippen LogP contribution in [0.3, 0.4) is 0 Å². The number of anilines is 2. The molecule has 4 heteroatoms. The summed E-state index contributed by atoms with van der Waals surface area (Å²) in [7, 11) is 0. The minimum Gasteiger partial charge on any atom is -0.353 e. The molecule has 90 valence electrons. The van der Waals surface area contributed by atoms with E-state index in [1.807, 2.05) is 18.2 Å². The number of carbonyl (C=O) groups excluding carboxylic acids is 1. The molecular weight excluding hydrogens is 236 g/mol. The third kappa shape index (κ3) is 1.38. The molecule has 1 spiro atoms. The number of para-hydroxylation sites is 1. The van der Waals surface area contributed by atoms with Gasteiger partial charge in [-0.2, -0.15) is 0 Å². The topological polar surface area (TPSA) is 32.3 Å². The van der Waals surface area contributed by atoms with Gasteiger partial charge >= 0.3 is 0 Å². The van der Waals surface area contributed by atoms with Crippen LogP contribution >= 0.6 is 11.6 Å². The van der Waals surface area contributed by atoms with Crippen molar-refractivity contribution in [2.24, 2.45) is 0 Å². The van der Waals surface area contributed by atoms with E-state index in [9.17, 15) is 4.79 Å². The second-order valence-corrected chi connectivity index (χ2v) is 5.49. The SMILES string of the molecule is CC(C)N1c2cccc(Cl)c2NC(=O)C12CC2. The van der Waals surface area contributed by atoms with Gasteiger partial charge in [0.25, 0.3) is 0 Å². The molecule has 1 amide bonds. The van der Waals surface area contributed by atoms with Crippen LogP contribution in [0.2, 0.25) is 5.02 Å². The quantitative estimate of drug-likeness (QED) is 0.831. The highest BCUT2D eigenvalue weighted by Crippen LogP contribution is 2.52. The average Bonchev–Trinajstić information content (AvgIpc) is 3.03. The van der Waals surface area contributed by atoms with E-state index in [-0.39, 0.29) is 11.4 Å². The minimum absolute atomic E-state index is 0.0896. The van der Waals surface area contributed by atoms with Crippen LogP contribution < -0.4 is 10.2 Å². The van der Waals surface area contributed by atoms with E-state index < -0.39 is 0 Å². The van der Waals surface area contributed by atoms with E-state index >= 15 is 0 Å². The van der Waals surface area contributed by atoms with Gasteiger partial charge in [-0.05, 0) is 38.8 Å². The van der Waals surface area contributed by atoms with Crippen molar-refractivity contribution in [3.63, 3.8) is 0 Å². The zero-order valence-electron chi connectivity index (χ0n) is 9.96. The molecule has 1 aromatic carbocycles. The van der Waals surface area contributed by atoms with Gasteiger partial charge in [-0.25, -0.2) is 0 Å². The summed E-state index contributed by atoms with van der Waals surface area (Å²) >= 11 is 6.15. The van der Waals surface area contributed by atoms with Crippen LogP contribution in [0.5, 0.6) is 0 Å². The Bertz CT molecular complexity index is 494. The highest BCUT2D eigenvalue weighted by atomic mass is 35.5. The maximum atomic E-state index is 12.2. The predicted molar refractivity (Wildman–Crippen MR) is 69.7 cm³/mol. The van der Waals surface area contributed by atoms with Crippen molar-refractivity contribution in [2.75, 3.05) is 10.2 Å². The molecule has 0 bridgehead atoms. The van der Waals surface area contributed by atoms with Crippen LogP contribution in [0.4, 0.5) is 11.4 Å². The van der Waals surface area contributed by atoms with Crippen LogP contribution in [0, 0.1) is 0 Å². The van der Waals surface area contributed by atoms with Gasteiger partial charge in [0.2, 0.25) is 5.91 Å².